The molecule has 1 aromatic heterocycles. The molecule has 0 amide bonds. The average Bonchev–Trinajstić information content (AvgIpc) is 3.15. The Morgan fingerprint density at radius 1 is 1.16 bits per heavy atom. The lowest BCUT2D eigenvalue weighted by atomic mass is 10.2. The number of sulfonamides is 1. The summed E-state index contributed by atoms with van der Waals surface area (Å²) in [6.07, 6.45) is 0. The second kappa shape index (κ2) is 8.93. The van der Waals surface area contributed by atoms with Crippen LogP contribution < -0.4 is 0 Å². The fourth-order valence-electron chi connectivity index (χ4n) is 3.61. The maximum absolute atomic E-state index is 13.8. The minimum absolute atomic E-state index is 0.102. The van der Waals surface area contributed by atoms with E-state index in [1.807, 2.05) is 6.92 Å². The zero-order valence-electron chi connectivity index (χ0n) is 17.3. The number of hydrogen-bond acceptors (Lipinski definition) is 6. The van der Waals surface area contributed by atoms with Crippen LogP contribution in [0.2, 0.25) is 0 Å². The van der Waals surface area contributed by atoms with Gasteiger partial charge in [0.15, 0.2) is 0 Å². The van der Waals surface area contributed by atoms with Crippen LogP contribution in [0.3, 0.4) is 0 Å². The third kappa shape index (κ3) is 4.10. The summed E-state index contributed by atoms with van der Waals surface area (Å²) in [6, 6.07) is 7.70. The smallest absolute Gasteiger partial charge is 0.344 e. The van der Waals surface area contributed by atoms with E-state index in [1.54, 1.807) is 10.6 Å². The van der Waals surface area contributed by atoms with Gasteiger partial charge in [0.2, 0.25) is 10.0 Å². The van der Waals surface area contributed by atoms with Crippen LogP contribution in [0.25, 0.3) is 11.0 Å². The highest BCUT2D eigenvalue weighted by Crippen LogP contribution is 2.24. The maximum atomic E-state index is 13.8. The summed E-state index contributed by atoms with van der Waals surface area (Å²) in [7, 11) is -3.70. The van der Waals surface area contributed by atoms with Crippen LogP contribution in [-0.2, 0) is 32.6 Å². The van der Waals surface area contributed by atoms with Crippen molar-refractivity contribution in [3.8, 4) is 0 Å². The summed E-state index contributed by atoms with van der Waals surface area (Å²) in [5, 5.41) is 0. The van der Waals surface area contributed by atoms with Crippen LogP contribution in [0.4, 0.5) is 8.78 Å². The van der Waals surface area contributed by atoms with Crippen molar-refractivity contribution in [2.75, 3.05) is 26.3 Å². The average molecular weight is 465 g/mol. The normalized spacial score (nSPS) is 15.2. The summed E-state index contributed by atoms with van der Waals surface area (Å²) in [5.74, 6) is -2.85. The number of halogens is 2. The first-order valence-electron chi connectivity index (χ1n) is 10.0. The lowest BCUT2D eigenvalue weighted by Gasteiger charge is -2.26. The molecule has 1 saturated heterocycles. The van der Waals surface area contributed by atoms with E-state index in [0.717, 1.165) is 18.2 Å². The number of ether oxygens (including phenoxy) is 2. The predicted molar refractivity (Wildman–Crippen MR) is 110 cm³/mol. The molecule has 11 heteroatoms. The fraction of sp³-hybridized carbons (Fsp3) is 0.333. The third-order valence-electron chi connectivity index (χ3n) is 5.22. The van der Waals surface area contributed by atoms with Crippen LogP contribution in [0.1, 0.15) is 23.1 Å². The third-order valence-corrected chi connectivity index (χ3v) is 7.12. The van der Waals surface area contributed by atoms with Crippen molar-refractivity contribution in [1.82, 2.24) is 13.9 Å². The van der Waals surface area contributed by atoms with Gasteiger partial charge in [-0.2, -0.15) is 4.31 Å². The zero-order valence-corrected chi connectivity index (χ0v) is 18.1. The number of fused-ring (bicyclic) bond motifs is 1. The zero-order chi connectivity index (χ0) is 22.9. The van der Waals surface area contributed by atoms with Crippen molar-refractivity contribution in [1.29, 1.82) is 0 Å². The number of nitrogens with zero attached hydrogens (tertiary/aromatic N) is 3. The van der Waals surface area contributed by atoms with Crippen molar-refractivity contribution in [3.63, 3.8) is 0 Å². The van der Waals surface area contributed by atoms with Gasteiger partial charge in [0, 0.05) is 19.6 Å². The summed E-state index contributed by atoms with van der Waals surface area (Å²) >= 11 is 0. The predicted octanol–water partition coefficient (Wildman–Crippen LogP) is 2.71. The highest BCUT2D eigenvalue weighted by atomic mass is 32.2. The number of imidazole rings is 1. The van der Waals surface area contributed by atoms with Crippen molar-refractivity contribution in [3.05, 3.63) is 59.4 Å². The SMILES string of the molecule is CCn1c(COC(=O)c2c(F)cccc2F)nc2cc(S(=O)(=O)N3CCOCC3)ccc21. The van der Waals surface area contributed by atoms with Crippen molar-refractivity contribution >= 4 is 27.0 Å². The Bertz CT molecular complexity index is 1250. The molecule has 3 aromatic rings. The highest BCUT2D eigenvalue weighted by Gasteiger charge is 2.27. The van der Waals surface area contributed by atoms with Gasteiger partial charge in [0.25, 0.3) is 0 Å². The Labute approximate surface area is 183 Å². The molecule has 0 N–H and O–H groups in total. The van der Waals surface area contributed by atoms with Crippen LogP contribution in [-0.4, -0.2) is 54.5 Å². The maximum Gasteiger partial charge on any atom is 0.344 e. The Morgan fingerprint density at radius 2 is 1.84 bits per heavy atom. The molecule has 1 aliphatic heterocycles. The first-order chi connectivity index (χ1) is 15.3. The van der Waals surface area contributed by atoms with Gasteiger partial charge in [-0.15, -0.1) is 0 Å². The van der Waals surface area contributed by atoms with Crippen molar-refractivity contribution < 1.29 is 31.5 Å². The second-order valence-electron chi connectivity index (χ2n) is 7.11. The Hall–Kier alpha value is -2.89. The standard InChI is InChI=1S/C21H21F2N3O5S/c1-2-26-18-7-6-14(32(28,29)25-8-10-30-11-9-25)12-17(18)24-19(26)13-31-21(27)20-15(22)4-3-5-16(20)23/h3-7,12H,2,8-11,13H2,1H3. The molecule has 8 nitrogen and oxygen atoms in total. The number of aryl methyl sites for hydroxylation is 1. The molecule has 0 atom stereocenters. The van der Waals surface area contributed by atoms with Gasteiger partial charge in [0.05, 0.1) is 29.1 Å². The van der Waals surface area contributed by atoms with E-state index in [9.17, 15) is 22.0 Å². The molecule has 0 spiro atoms. The summed E-state index contributed by atoms with van der Waals surface area (Å²) in [5.41, 5.74) is 0.284. The fourth-order valence-corrected chi connectivity index (χ4v) is 5.04. The molecule has 0 aliphatic carbocycles. The first-order valence-corrected chi connectivity index (χ1v) is 11.4. The lowest BCUT2D eigenvalue weighted by molar-refractivity contribution is 0.0447. The van der Waals surface area contributed by atoms with E-state index in [1.165, 1.54) is 16.4 Å². The number of benzene rings is 2. The molecule has 0 radical (unpaired) electrons. The molecule has 2 heterocycles. The summed E-state index contributed by atoms with van der Waals surface area (Å²) in [4.78, 5) is 16.7. The Kier molecular flexibility index (Phi) is 6.22. The molecular formula is C21H21F2N3O5S. The summed E-state index contributed by atoms with van der Waals surface area (Å²) in [6.45, 7) is 3.21. The summed E-state index contributed by atoms with van der Waals surface area (Å²) < 4.78 is 66.9. The molecule has 0 bridgehead atoms. The highest BCUT2D eigenvalue weighted by molar-refractivity contribution is 7.89. The number of hydrogen-bond donors (Lipinski definition) is 0. The van der Waals surface area contributed by atoms with Gasteiger partial charge in [0.1, 0.15) is 29.6 Å². The molecule has 170 valence electrons. The van der Waals surface area contributed by atoms with Gasteiger partial charge in [-0.05, 0) is 37.3 Å². The lowest BCUT2D eigenvalue weighted by Crippen LogP contribution is -2.40. The molecule has 0 unspecified atom stereocenters. The topological polar surface area (TPSA) is 90.7 Å². The molecule has 0 saturated carbocycles. The molecular weight excluding hydrogens is 444 g/mol. The molecule has 1 aliphatic rings. The minimum atomic E-state index is -3.70. The number of carbonyl (C=O) groups excluding carboxylic acids is 1. The largest absolute Gasteiger partial charge is 0.454 e. The number of esters is 1. The number of aromatic nitrogens is 2. The van der Waals surface area contributed by atoms with Gasteiger partial charge in [-0.1, -0.05) is 6.07 Å². The minimum Gasteiger partial charge on any atom is -0.454 e. The number of morpholine rings is 1. The monoisotopic (exact) mass is 465 g/mol. The van der Waals surface area contributed by atoms with Gasteiger partial charge in [-0.25, -0.2) is 27.0 Å². The van der Waals surface area contributed by atoms with E-state index in [4.69, 9.17) is 9.47 Å². The Morgan fingerprint density at radius 3 is 2.50 bits per heavy atom. The van der Waals surface area contributed by atoms with E-state index in [-0.39, 0.29) is 24.6 Å². The number of rotatable bonds is 6. The van der Waals surface area contributed by atoms with E-state index in [0.29, 0.717) is 36.6 Å². The molecule has 32 heavy (non-hydrogen) atoms. The van der Waals surface area contributed by atoms with Gasteiger partial charge < -0.3 is 14.0 Å². The molecule has 4 rings (SSSR count). The molecule has 1 fully saturated rings. The van der Waals surface area contributed by atoms with Crippen molar-refractivity contribution in [2.45, 2.75) is 25.0 Å². The van der Waals surface area contributed by atoms with Crippen LogP contribution in [0.5, 0.6) is 0 Å². The number of carbonyl (C=O) groups is 1. The second-order valence-corrected chi connectivity index (χ2v) is 9.05. The quantitative estimate of drug-likeness (QED) is 0.520. The van der Waals surface area contributed by atoms with Gasteiger partial charge in [-0.3, -0.25) is 0 Å². The van der Waals surface area contributed by atoms with E-state index < -0.39 is 33.2 Å². The van der Waals surface area contributed by atoms with Crippen LogP contribution >= 0.6 is 0 Å². The van der Waals surface area contributed by atoms with E-state index in [2.05, 4.69) is 4.98 Å². The van der Waals surface area contributed by atoms with Crippen molar-refractivity contribution in [2.24, 2.45) is 0 Å². The van der Waals surface area contributed by atoms with Gasteiger partial charge >= 0.3 is 5.97 Å². The van der Waals surface area contributed by atoms with Crippen LogP contribution in [0.15, 0.2) is 41.3 Å². The van der Waals surface area contributed by atoms with E-state index >= 15 is 0 Å². The Balaban J connectivity index is 1.61. The first kappa shape index (κ1) is 22.3. The molecule has 2 aromatic carbocycles. The van der Waals surface area contributed by atoms with Crippen LogP contribution in [0, 0.1) is 11.6 Å².